The monoisotopic (exact) mass is 220 g/mol. The van der Waals surface area contributed by atoms with E-state index in [2.05, 4.69) is 17.0 Å². The smallest absolute Gasteiger partial charge is 0.118 e. The third-order valence-corrected chi connectivity index (χ3v) is 3.02. The molecule has 3 heteroatoms. The van der Waals surface area contributed by atoms with E-state index < -0.39 is 0 Å². The first-order valence-electron chi connectivity index (χ1n) is 5.90. The summed E-state index contributed by atoms with van der Waals surface area (Å²) in [5.74, 6) is 0.917. The summed E-state index contributed by atoms with van der Waals surface area (Å²) < 4.78 is 5.15. The van der Waals surface area contributed by atoms with E-state index in [4.69, 9.17) is 10.5 Å². The minimum atomic E-state index is 0.743. The first kappa shape index (κ1) is 11.4. The van der Waals surface area contributed by atoms with Gasteiger partial charge in [-0.25, -0.2) is 0 Å². The van der Waals surface area contributed by atoms with Crippen LogP contribution in [0, 0.1) is 0 Å². The van der Waals surface area contributed by atoms with Gasteiger partial charge in [-0.15, -0.1) is 0 Å². The highest BCUT2D eigenvalue weighted by Gasteiger charge is 2.28. The van der Waals surface area contributed by atoms with Crippen molar-refractivity contribution in [1.82, 2.24) is 4.90 Å². The van der Waals surface area contributed by atoms with E-state index in [9.17, 15) is 0 Å². The highest BCUT2D eigenvalue weighted by Crippen LogP contribution is 2.28. The Kier molecular flexibility index (Phi) is 3.80. The number of methoxy groups -OCH3 is 1. The van der Waals surface area contributed by atoms with Crippen LogP contribution in [0.1, 0.15) is 18.4 Å². The molecular formula is C13H20N2O. The lowest BCUT2D eigenvalue weighted by molar-refractivity contribution is 0.262. The van der Waals surface area contributed by atoms with Gasteiger partial charge in [0.15, 0.2) is 0 Å². The highest BCUT2D eigenvalue weighted by atomic mass is 16.5. The van der Waals surface area contributed by atoms with Gasteiger partial charge in [0.1, 0.15) is 5.75 Å². The quantitative estimate of drug-likeness (QED) is 0.791. The number of nitrogens with zero attached hydrogens (tertiary/aromatic N) is 1. The number of hydrogen-bond donors (Lipinski definition) is 1. The molecule has 0 aromatic heterocycles. The third kappa shape index (κ3) is 2.97. The lowest BCUT2D eigenvalue weighted by atomic mass is 10.2. The second-order valence-corrected chi connectivity index (χ2v) is 4.34. The Balaban J connectivity index is 1.94. The third-order valence-electron chi connectivity index (χ3n) is 3.02. The molecule has 0 atom stereocenters. The van der Waals surface area contributed by atoms with Crippen molar-refractivity contribution in [3.05, 3.63) is 29.8 Å². The van der Waals surface area contributed by atoms with Crippen LogP contribution in [-0.2, 0) is 6.54 Å². The van der Waals surface area contributed by atoms with Crippen LogP contribution in [0.4, 0.5) is 0 Å². The van der Waals surface area contributed by atoms with Crippen molar-refractivity contribution in [3.63, 3.8) is 0 Å². The molecule has 0 amide bonds. The van der Waals surface area contributed by atoms with Gasteiger partial charge in [-0.05, 0) is 30.5 Å². The zero-order chi connectivity index (χ0) is 11.4. The number of nitrogens with two attached hydrogens (primary N) is 1. The molecule has 16 heavy (non-hydrogen) atoms. The van der Waals surface area contributed by atoms with Gasteiger partial charge in [0.05, 0.1) is 7.11 Å². The SMILES string of the molecule is COc1ccc(CN(CCN)C2CC2)cc1. The van der Waals surface area contributed by atoms with Crippen molar-refractivity contribution in [2.24, 2.45) is 5.73 Å². The maximum Gasteiger partial charge on any atom is 0.118 e. The molecule has 0 bridgehead atoms. The molecule has 88 valence electrons. The van der Waals surface area contributed by atoms with Gasteiger partial charge >= 0.3 is 0 Å². The molecule has 0 spiro atoms. The molecule has 0 heterocycles. The standard InChI is InChI=1S/C13H20N2O/c1-16-13-6-2-11(3-7-13)10-15(9-8-14)12-4-5-12/h2-3,6-7,12H,4-5,8-10,14H2,1H3. The molecule has 1 aromatic carbocycles. The van der Waals surface area contributed by atoms with Crippen molar-refractivity contribution in [2.45, 2.75) is 25.4 Å². The van der Waals surface area contributed by atoms with Crippen LogP contribution in [0.15, 0.2) is 24.3 Å². The Morgan fingerprint density at radius 1 is 1.31 bits per heavy atom. The first-order valence-corrected chi connectivity index (χ1v) is 5.90. The normalized spacial score (nSPS) is 15.4. The summed E-state index contributed by atoms with van der Waals surface area (Å²) in [6.07, 6.45) is 2.66. The molecule has 0 saturated heterocycles. The summed E-state index contributed by atoms with van der Waals surface area (Å²) in [7, 11) is 1.69. The fourth-order valence-corrected chi connectivity index (χ4v) is 1.96. The van der Waals surface area contributed by atoms with Crippen LogP contribution < -0.4 is 10.5 Å². The zero-order valence-electron chi connectivity index (χ0n) is 9.86. The van der Waals surface area contributed by atoms with Gasteiger partial charge in [0.25, 0.3) is 0 Å². The predicted octanol–water partition coefficient (Wildman–Crippen LogP) is 1.62. The van der Waals surface area contributed by atoms with Gasteiger partial charge in [-0.3, -0.25) is 4.90 Å². The van der Waals surface area contributed by atoms with E-state index in [1.165, 1.54) is 18.4 Å². The molecule has 1 aromatic rings. The second-order valence-electron chi connectivity index (χ2n) is 4.34. The topological polar surface area (TPSA) is 38.5 Å². The Morgan fingerprint density at radius 2 is 2.00 bits per heavy atom. The largest absolute Gasteiger partial charge is 0.497 e. The maximum absolute atomic E-state index is 5.63. The molecule has 2 N–H and O–H groups in total. The van der Waals surface area contributed by atoms with Crippen molar-refractivity contribution in [3.8, 4) is 5.75 Å². The van der Waals surface area contributed by atoms with Crippen molar-refractivity contribution in [1.29, 1.82) is 0 Å². The molecule has 0 unspecified atom stereocenters. The number of benzene rings is 1. The van der Waals surface area contributed by atoms with Crippen molar-refractivity contribution >= 4 is 0 Å². The summed E-state index contributed by atoms with van der Waals surface area (Å²) in [6.45, 7) is 2.75. The summed E-state index contributed by atoms with van der Waals surface area (Å²) in [5, 5.41) is 0. The van der Waals surface area contributed by atoms with Crippen LogP contribution in [0.3, 0.4) is 0 Å². The molecule has 1 aliphatic carbocycles. The van der Waals surface area contributed by atoms with E-state index in [-0.39, 0.29) is 0 Å². The number of ether oxygens (including phenoxy) is 1. The summed E-state index contributed by atoms with van der Waals surface area (Å²) in [6, 6.07) is 9.06. The van der Waals surface area contributed by atoms with Crippen LogP contribution in [-0.4, -0.2) is 31.1 Å². The number of rotatable bonds is 6. The summed E-state index contributed by atoms with van der Waals surface area (Å²) in [4.78, 5) is 2.47. The predicted molar refractivity (Wildman–Crippen MR) is 65.5 cm³/mol. The molecular weight excluding hydrogens is 200 g/mol. The van der Waals surface area contributed by atoms with Gasteiger partial charge in [0, 0.05) is 25.7 Å². The average molecular weight is 220 g/mol. The fraction of sp³-hybridized carbons (Fsp3) is 0.538. The Hall–Kier alpha value is -1.06. The van der Waals surface area contributed by atoms with Gasteiger partial charge in [-0.1, -0.05) is 12.1 Å². The molecule has 3 nitrogen and oxygen atoms in total. The molecule has 2 rings (SSSR count). The first-order chi connectivity index (χ1) is 7.83. The zero-order valence-corrected chi connectivity index (χ0v) is 9.86. The van der Waals surface area contributed by atoms with Crippen LogP contribution in [0.2, 0.25) is 0 Å². The van der Waals surface area contributed by atoms with Crippen LogP contribution >= 0.6 is 0 Å². The van der Waals surface area contributed by atoms with Crippen LogP contribution in [0.5, 0.6) is 5.75 Å². The van der Waals surface area contributed by atoms with E-state index in [0.29, 0.717) is 0 Å². The lowest BCUT2D eigenvalue weighted by Crippen LogP contribution is -2.30. The molecule has 1 fully saturated rings. The van der Waals surface area contributed by atoms with Gasteiger partial charge in [0.2, 0.25) is 0 Å². The Bertz CT molecular complexity index is 319. The maximum atomic E-state index is 5.63. The van der Waals surface area contributed by atoms with E-state index in [1.54, 1.807) is 7.11 Å². The molecule has 1 saturated carbocycles. The molecule has 0 radical (unpaired) electrons. The fourth-order valence-electron chi connectivity index (χ4n) is 1.96. The summed E-state index contributed by atoms with van der Waals surface area (Å²) in [5.41, 5.74) is 6.97. The lowest BCUT2D eigenvalue weighted by Gasteiger charge is -2.21. The number of hydrogen-bond acceptors (Lipinski definition) is 3. The Labute approximate surface area is 97.2 Å². The summed E-state index contributed by atoms with van der Waals surface area (Å²) >= 11 is 0. The minimum absolute atomic E-state index is 0.743. The van der Waals surface area contributed by atoms with Crippen molar-refractivity contribution < 1.29 is 4.74 Å². The van der Waals surface area contributed by atoms with E-state index >= 15 is 0 Å². The molecule has 0 aliphatic heterocycles. The Morgan fingerprint density at radius 3 is 2.50 bits per heavy atom. The highest BCUT2D eigenvalue weighted by molar-refractivity contribution is 5.27. The van der Waals surface area contributed by atoms with Gasteiger partial charge in [-0.2, -0.15) is 0 Å². The van der Waals surface area contributed by atoms with E-state index in [1.807, 2.05) is 12.1 Å². The average Bonchev–Trinajstić information content (AvgIpc) is 3.13. The van der Waals surface area contributed by atoms with Gasteiger partial charge < -0.3 is 10.5 Å². The van der Waals surface area contributed by atoms with Crippen molar-refractivity contribution in [2.75, 3.05) is 20.2 Å². The minimum Gasteiger partial charge on any atom is -0.497 e. The molecule has 1 aliphatic rings. The van der Waals surface area contributed by atoms with E-state index in [0.717, 1.165) is 31.4 Å². The second kappa shape index (κ2) is 5.32. The van der Waals surface area contributed by atoms with Crippen LogP contribution in [0.25, 0.3) is 0 Å².